The van der Waals surface area contributed by atoms with Crippen molar-refractivity contribution in [2.24, 2.45) is 0 Å². The number of amides is 1. The first-order valence-electron chi connectivity index (χ1n) is 11.1. The Morgan fingerprint density at radius 1 is 1.14 bits per heavy atom. The van der Waals surface area contributed by atoms with E-state index in [-0.39, 0.29) is 25.5 Å². The van der Waals surface area contributed by atoms with E-state index in [1.807, 2.05) is 0 Å². The number of methoxy groups -OCH3 is 1. The van der Waals surface area contributed by atoms with E-state index in [9.17, 15) is 18.4 Å². The van der Waals surface area contributed by atoms with Gasteiger partial charge in [0.15, 0.2) is 6.10 Å². The number of hydrogen-bond acceptors (Lipinski definition) is 7. The molecule has 0 fully saturated rings. The highest BCUT2D eigenvalue weighted by molar-refractivity contribution is 5.85. The van der Waals surface area contributed by atoms with Crippen LogP contribution in [0.25, 0.3) is 0 Å². The van der Waals surface area contributed by atoms with Crippen LogP contribution in [-0.4, -0.2) is 50.2 Å². The summed E-state index contributed by atoms with van der Waals surface area (Å²) in [6.07, 6.45) is 1.69. The average molecular weight is 506 g/mol. The van der Waals surface area contributed by atoms with Crippen LogP contribution in [0.2, 0.25) is 0 Å². The summed E-state index contributed by atoms with van der Waals surface area (Å²) in [5, 5.41) is 11.2. The third-order valence-electron chi connectivity index (χ3n) is 4.72. The highest BCUT2D eigenvalue weighted by Gasteiger charge is 2.26. The van der Waals surface area contributed by atoms with E-state index in [1.165, 1.54) is 13.2 Å². The number of nitrogens with one attached hydrogen (secondary N) is 1. The second kappa shape index (κ2) is 14.6. The van der Waals surface area contributed by atoms with Gasteiger partial charge in [0.1, 0.15) is 30.1 Å². The molecule has 0 aliphatic heterocycles. The predicted octanol–water partition coefficient (Wildman–Crippen LogP) is 4.71. The van der Waals surface area contributed by atoms with E-state index in [0.29, 0.717) is 23.0 Å². The quantitative estimate of drug-likeness (QED) is 0.245. The number of ether oxygens (including phenoxy) is 4. The third-order valence-corrected chi connectivity index (χ3v) is 4.72. The van der Waals surface area contributed by atoms with Crippen molar-refractivity contribution >= 4 is 17.7 Å². The molecule has 0 saturated carbocycles. The Hall–Kier alpha value is -3.76. The van der Waals surface area contributed by atoms with Crippen molar-refractivity contribution in [2.75, 3.05) is 32.2 Å². The van der Waals surface area contributed by atoms with Crippen molar-refractivity contribution in [1.82, 2.24) is 0 Å². The van der Waals surface area contributed by atoms with Crippen LogP contribution in [-0.2, 0) is 19.0 Å². The maximum atomic E-state index is 14.0. The average Bonchev–Trinajstić information content (AvgIpc) is 2.84. The van der Waals surface area contributed by atoms with Gasteiger partial charge in [0, 0.05) is 19.3 Å². The molecule has 0 saturated heterocycles. The van der Waals surface area contributed by atoms with Gasteiger partial charge >= 0.3 is 12.1 Å². The Balaban J connectivity index is 2.29. The van der Waals surface area contributed by atoms with Gasteiger partial charge < -0.3 is 24.1 Å². The lowest BCUT2D eigenvalue weighted by molar-refractivity contribution is -0.137. The number of benzene rings is 2. The zero-order valence-electron chi connectivity index (χ0n) is 20.2. The van der Waals surface area contributed by atoms with E-state index >= 15 is 0 Å². The maximum Gasteiger partial charge on any atom is 0.412 e. The smallest absolute Gasteiger partial charge is 0.412 e. The molecule has 0 spiro atoms. The summed E-state index contributed by atoms with van der Waals surface area (Å²) in [7, 11) is 1.41. The molecule has 2 rings (SSSR count). The fraction of sp³-hybridized carbons (Fsp3) is 0.308. The molecule has 0 aliphatic carbocycles. The maximum absolute atomic E-state index is 14.0. The first-order chi connectivity index (χ1) is 17.3. The van der Waals surface area contributed by atoms with E-state index in [2.05, 4.69) is 5.32 Å². The summed E-state index contributed by atoms with van der Waals surface area (Å²) in [5.41, 5.74) is 0.829. The molecular weight excluding hydrogens is 476 g/mol. The molecule has 10 heteroatoms. The predicted molar refractivity (Wildman–Crippen MR) is 129 cm³/mol. The first-order valence-corrected chi connectivity index (χ1v) is 11.1. The van der Waals surface area contributed by atoms with Gasteiger partial charge in [0.05, 0.1) is 18.9 Å². The van der Waals surface area contributed by atoms with Crippen molar-refractivity contribution < 1.29 is 42.4 Å². The zero-order valence-corrected chi connectivity index (χ0v) is 20.2. The number of carbonyl (C=O) groups excluding carboxylic acids is 2. The molecule has 2 aromatic carbocycles. The molecule has 0 aliphatic rings. The molecule has 2 aromatic rings. The summed E-state index contributed by atoms with van der Waals surface area (Å²) in [6, 6.07) is 9.25. The molecule has 0 unspecified atom stereocenters. The lowest BCUT2D eigenvalue weighted by Crippen LogP contribution is -2.27. The molecule has 8 nitrogen and oxygen atoms in total. The van der Waals surface area contributed by atoms with Crippen LogP contribution in [0.4, 0.5) is 19.3 Å². The largest absolute Gasteiger partial charge is 0.491 e. The van der Waals surface area contributed by atoms with Crippen LogP contribution in [0.15, 0.2) is 66.3 Å². The van der Waals surface area contributed by atoms with Gasteiger partial charge in [-0.05, 0) is 49.2 Å². The van der Waals surface area contributed by atoms with Crippen molar-refractivity contribution in [1.29, 1.82) is 0 Å². The summed E-state index contributed by atoms with van der Waals surface area (Å²) in [5.74, 6) is -1.76. The topological polar surface area (TPSA) is 103 Å². The number of carbonyl (C=O) groups is 2. The second-order valence-electron chi connectivity index (χ2n) is 7.42. The van der Waals surface area contributed by atoms with Gasteiger partial charge in [0.25, 0.3) is 0 Å². The lowest BCUT2D eigenvalue weighted by Gasteiger charge is -2.25. The highest BCUT2D eigenvalue weighted by Crippen LogP contribution is 2.28. The number of aliphatic hydroxyl groups excluding tert-OH is 1. The Labute approximate surface area is 208 Å². The van der Waals surface area contributed by atoms with Gasteiger partial charge in [0.2, 0.25) is 0 Å². The van der Waals surface area contributed by atoms with E-state index < -0.39 is 35.9 Å². The molecular formula is C26H29F2NO7. The summed E-state index contributed by atoms with van der Waals surface area (Å²) < 4.78 is 48.5. The van der Waals surface area contributed by atoms with Crippen LogP contribution in [0, 0.1) is 11.6 Å². The number of allylic oxidation sites excluding steroid dienone is 2. The second-order valence-corrected chi connectivity index (χ2v) is 7.42. The molecule has 0 aromatic heterocycles. The molecule has 0 bridgehead atoms. The normalized spacial score (nSPS) is 13.2. The van der Waals surface area contributed by atoms with Crippen LogP contribution < -0.4 is 10.1 Å². The van der Waals surface area contributed by atoms with E-state index in [1.54, 1.807) is 50.3 Å². The number of aliphatic hydroxyl groups is 1. The summed E-state index contributed by atoms with van der Waals surface area (Å²) in [4.78, 5) is 24.3. The molecule has 0 heterocycles. The van der Waals surface area contributed by atoms with Crippen LogP contribution >= 0.6 is 0 Å². The minimum atomic E-state index is -1.00. The molecule has 194 valence electrons. The van der Waals surface area contributed by atoms with Crippen molar-refractivity contribution in [3.63, 3.8) is 0 Å². The Bertz CT molecular complexity index is 1070. The molecule has 0 radical (unpaired) electrons. The van der Waals surface area contributed by atoms with Crippen molar-refractivity contribution in [3.05, 3.63) is 83.5 Å². The molecule has 36 heavy (non-hydrogen) atoms. The van der Waals surface area contributed by atoms with E-state index in [4.69, 9.17) is 24.1 Å². The Morgan fingerprint density at radius 2 is 1.86 bits per heavy atom. The Kier molecular flexibility index (Phi) is 11.5. The number of hydrogen-bond donors (Lipinski definition) is 2. The van der Waals surface area contributed by atoms with Gasteiger partial charge in [-0.3, -0.25) is 5.32 Å². The SMILES string of the molecule is CCOC(=O)/C=C(C)/C=C/[C@H](OC)[C@@H](OC(=O)Nc1ccc(F)cc1F)c1ccc(OCCO)cc1. The monoisotopic (exact) mass is 505 g/mol. The van der Waals surface area contributed by atoms with Crippen molar-refractivity contribution in [3.8, 4) is 5.75 Å². The van der Waals surface area contributed by atoms with E-state index in [0.717, 1.165) is 12.1 Å². The van der Waals surface area contributed by atoms with Gasteiger partial charge in [-0.2, -0.15) is 0 Å². The first kappa shape index (κ1) is 28.5. The molecule has 2 N–H and O–H groups in total. The summed E-state index contributed by atoms with van der Waals surface area (Å²) in [6.45, 7) is 3.59. The fourth-order valence-electron chi connectivity index (χ4n) is 3.06. The molecule has 2 atom stereocenters. The molecule has 1 amide bonds. The van der Waals surface area contributed by atoms with Crippen molar-refractivity contribution in [2.45, 2.75) is 26.1 Å². The number of rotatable bonds is 12. The number of esters is 1. The van der Waals surface area contributed by atoms with Crippen LogP contribution in [0.5, 0.6) is 5.75 Å². The highest BCUT2D eigenvalue weighted by atomic mass is 19.1. The van der Waals surface area contributed by atoms with Gasteiger partial charge in [-0.1, -0.05) is 24.3 Å². The standard InChI is InChI=1S/C26H29F2NO7/c1-4-34-24(31)15-17(2)5-12-23(33-3)25(18-6-9-20(10-7-18)35-14-13-30)36-26(32)29-22-11-8-19(27)16-21(22)28/h5-12,15-16,23,25,30H,4,13-14H2,1-3H3,(H,29,32)/b12-5+,17-15+/t23-,25-/m0/s1. The lowest BCUT2D eigenvalue weighted by atomic mass is 10.0. The number of halogens is 2. The van der Waals surface area contributed by atoms with Gasteiger partial charge in [-0.15, -0.1) is 0 Å². The minimum absolute atomic E-state index is 0.112. The van der Waals surface area contributed by atoms with Crippen LogP contribution in [0.3, 0.4) is 0 Å². The minimum Gasteiger partial charge on any atom is -0.491 e. The number of anilines is 1. The van der Waals surface area contributed by atoms with Crippen LogP contribution in [0.1, 0.15) is 25.5 Å². The Morgan fingerprint density at radius 3 is 2.47 bits per heavy atom. The fourth-order valence-corrected chi connectivity index (χ4v) is 3.06. The third kappa shape index (κ3) is 9.12. The summed E-state index contributed by atoms with van der Waals surface area (Å²) >= 11 is 0. The zero-order chi connectivity index (χ0) is 26.5. The van der Waals surface area contributed by atoms with Gasteiger partial charge in [-0.25, -0.2) is 18.4 Å².